The summed E-state index contributed by atoms with van der Waals surface area (Å²) in [4.78, 5) is 30.1. The molecule has 10 nitrogen and oxygen atoms in total. The van der Waals surface area contributed by atoms with E-state index in [0.717, 1.165) is 36.7 Å². The van der Waals surface area contributed by atoms with Crippen molar-refractivity contribution in [2.24, 2.45) is 0 Å². The number of carbonyl (C=O) groups is 1. The highest BCUT2D eigenvalue weighted by molar-refractivity contribution is 7.22. The lowest BCUT2D eigenvalue weighted by Crippen LogP contribution is -2.49. The first kappa shape index (κ1) is 21.1. The number of piperazine rings is 1. The number of fused-ring (bicyclic) bond motifs is 1. The van der Waals surface area contributed by atoms with Crippen LogP contribution in [0.5, 0.6) is 17.4 Å². The molecule has 0 atom stereocenters. The molecule has 3 heterocycles. The van der Waals surface area contributed by atoms with E-state index < -0.39 is 0 Å². The molecule has 164 valence electrons. The molecule has 3 aromatic rings. The van der Waals surface area contributed by atoms with Gasteiger partial charge in [-0.2, -0.15) is 4.98 Å². The van der Waals surface area contributed by atoms with Gasteiger partial charge in [0, 0.05) is 38.8 Å². The molecular formula is C20H24N6O4S. The van der Waals surface area contributed by atoms with Gasteiger partial charge in [0.25, 0.3) is 0 Å². The molecule has 1 aliphatic heterocycles. The van der Waals surface area contributed by atoms with Crippen LogP contribution in [0.1, 0.15) is 5.56 Å². The predicted molar refractivity (Wildman–Crippen MR) is 117 cm³/mol. The van der Waals surface area contributed by atoms with Crippen LogP contribution in [-0.4, -0.2) is 78.3 Å². The molecule has 0 radical (unpaired) electrons. The third-order valence-corrected chi connectivity index (χ3v) is 5.92. The third-order valence-electron chi connectivity index (χ3n) is 5.05. The fourth-order valence-corrected chi connectivity index (χ4v) is 4.22. The Bertz CT molecular complexity index is 1040. The molecule has 1 aromatic carbocycles. The smallest absolute Gasteiger partial charge is 0.323 e. The molecule has 0 bridgehead atoms. The summed E-state index contributed by atoms with van der Waals surface area (Å²) in [6.07, 6.45) is 1.42. The Morgan fingerprint density at radius 2 is 1.74 bits per heavy atom. The number of thiazole rings is 1. The van der Waals surface area contributed by atoms with Crippen molar-refractivity contribution in [2.75, 3.05) is 52.8 Å². The van der Waals surface area contributed by atoms with Crippen molar-refractivity contribution in [1.29, 1.82) is 0 Å². The summed E-state index contributed by atoms with van der Waals surface area (Å²) < 4.78 is 15.9. The van der Waals surface area contributed by atoms with Crippen molar-refractivity contribution in [3.63, 3.8) is 0 Å². The molecule has 2 aromatic heterocycles. The van der Waals surface area contributed by atoms with Gasteiger partial charge in [-0.05, 0) is 17.7 Å². The first-order valence-corrected chi connectivity index (χ1v) is 10.6. The molecule has 4 rings (SSSR count). The van der Waals surface area contributed by atoms with Crippen LogP contribution >= 0.6 is 11.3 Å². The van der Waals surface area contributed by atoms with Crippen LogP contribution < -0.4 is 19.5 Å². The summed E-state index contributed by atoms with van der Waals surface area (Å²) in [6, 6.07) is 5.70. The number of urea groups is 1. The Hall–Kier alpha value is -3.18. The van der Waals surface area contributed by atoms with Crippen LogP contribution in [0.15, 0.2) is 24.5 Å². The molecule has 1 aliphatic rings. The van der Waals surface area contributed by atoms with Crippen LogP contribution in [0.25, 0.3) is 10.3 Å². The van der Waals surface area contributed by atoms with Crippen molar-refractivity contribution in [1.82, 2.24) is 24.8 Å². The summed E-state index contributed by atoms with van der Waals surface area (Å²) in [6.45, 7) is 3.56. The topological polar surface area (TPSA) is 102 Å². The van der Waals surface area contributed by atoms with Crippen molar-refractivity contribution < 1.29 is 19.0 Å². The monoisotopic (exact) mass is 444 g/mol. The number of aromatic nitrogens is 3. The van der Waals surface area contributed by atoms with Gasteiger partial charge in [-0.1, -0.05) is 11.3 Å². The summed E-state index contributed by atoms with van der Waals surface area (Å²) in [7, 11) is 4.81. The highest BCUT2D eigenvalue weighted by Crippen LogP contribution is 2.29. The fraction of sp³-hybridized carbons (Fsp3) is 0.400. The molecular weight excluding hydrogens is 420 g/mol. The number of rotatable bonds is 6. The van der Waals surface area contributed by atoms with Crippen molar-refractivity contribution in [3.05, 3.63) is 30.1 Å². The zero-order chi connectivity index (χ0) is 21.8. The van der Waals surface area contributed by atoms with Gasteiger partial charge < -0.3 is 19.1 Å². The number of hydrogen-bond acceptors (Lipinski definition) is 9. The van der Waals surface area contributed by atoms with Crippen LogP contribution in [0.3, 0.4) is 0 Å². The van der Waals surface area contributed by atoms with Gasteiger partial charge in [0.05, 0.1) is 21.3 Å². The highest BCUT2D eigenvalue weighted by Gasteiger charge is 2.23. The average molecular weight is 445 g/mol. The van der Waals surface area contributed by atoms with Crippen molar-refractivity contribution >= 4 is 32.8 Å². The quantitative estimate of drug-likeness (QED) is 0.619. The van der Waals surface area contributed by atoms with E-state index in [4.69, 9.17) is 14.2 Å². The van der Waals surface area contributed by atoms with Crippen LogP contribution in [0.2, 0.25) is 0 Å². The Kier molecular flexibility index (Phi) is 6.33. The van der Waals surface area contributed by atoms with E-state index in [9.17, 15) is 4.79 Å². The minimum absolute atomic E-state index is 0.173. The molecule has 1 N–H and O–H groups in total. The maximum Gasteiger partial charge on any atom is 0.323 e. The second-order valence-electron chi connectivity index (χ2n) is 6.97. The molecule has 31 heavy (non-hydrogen) atoms. The number of carbonyl (C=O) groups excluding carboxylic acids is 1. The highest BCUT2D eigenvalue weighted by atomic mass is 32.1. The van der Waals surface area contributed by atoms with Crippen LogP contribution in [0, 0.1) is 0 Å². The van der Waals surface area contributed by atoms with E-state index in [2.05, 4.69) is 25.2 Å². The lowest BCUT2D eigenvalue weighted by Gasteiger charge is -2.34. The molecule has 0 aliphatic carbocycles. The Morgan fingerprint density at radius 3 is 2.39 bits per heavy atom. The number of methoxy groups -OCH3 is 3. The number of benzene rings is 1. The van der Waals surface area contributed by atoms with E-state index in [-0.39, 0.29) is 6.03 Å². The molecule has 0 spiro atoms. The van der Waals surface area contributed by atoms with E-state index in [1.807, 2.05) is 18.2 Å². The average Bonchev–Trinajstić information content (AvgIpc) is 3.21. The van der Waals surface area contributed by atoms with Gasteiger partial charge >= 0.3 is 6.03 Å². The number of ether oxygens (including phenoxy) is 3. The molecule has 0 unspecified atom stereocenters. The van der Waals surface area contributed by atoms with E-state index in [0.29, 0.717) is 34.4 Å². The lowest BCUT2D eigenvalue weighted by molar-refractivity contribution is 0.143. The maximum atomic E-state index is 12.7. The van der Waals surface area contributed by atoms with Gasteiger partial charge in [0.15, 0.2) is 15.5 Å². The van der Waals surface area contributed by atoms with E-state index in [1.165, 1.54) is 24.8 Å². The summed E-state index contributed by atoms with van der Waals surface area (Å²) in [5, 5.41) is 3.34. The normalized spacial score (nSPS) is 14.5. The maximum absolute atomic E-state index is 12.7. The summed E-state index contributed by atoms with van der Waals surface area (Å²) >= 11 is 1.29. The lowest BCUT2D eigenvalue weighted by atomic mass is 10.1. The number of nitrogens with zero attached hydrogens (tertiary/aromatic N) is 5. The standard InChI is InChI=1S/C20H24N6O4S/c1-28-14-8-13(9-15(10-14)29-2)11-25-4-6-26(7-5-25)20(27)24-19-23-16-17(30-3)21-12-22-18(16)31-19/h8-10,12H,4-7,11H2,1-3H3,(H,23,24,27). The second-order valence-corrected chi connectivity index (χ2v) is 7.95. The third kappa shape index (κ3) is 4.78. The predicted octanol–water partition coefficient (Wildman–Crippen LogP) is 2.46. The van der Waals surface area contributed by atoms with Gasteiger partial charge in [-0.25, -0.2) is 14.8 Å². The Labute approximate surface area is 183 Å². The molecule has 1 saturated heterocycles. The van der Waals surface area contributed by atoms with Gasteiger partial charge in [0.2, 0.25) is 5.88 Å². The number of hydrogen-bond donors (Lipinski definition) is 1. The number of anilines is 1. The van der Waals surface area contributed by atoms with E-state index >= 15 is 0 Å². The summed E-state index contributed by atoms with van der Waals surface area (Å²) in [5.74, 6) is 1.93. The van der Waals surface area contributed by atoms with Gasteiger partial charge in [0.1, 0.15) is 17.8 Å². The van der Waals surface area contributed by atoms with Crippen LogP contribution in [-0.2, 0) is 6.54 Å². The first-order valence-electron chi connectivity index (χ1n) is 9.75. The fourth-order valence-electron chi connectivity index (χ4n) is 3.43. The van der Waals surface area contributed by atoms with Gasteiger partial charge in [-0.3, -0.25) is 10.2 Å². The minimum Gasteiger partial charge on any atom is -0.497 e. The summed E-state index contributed by atoms with van der Waals surface area (Å²) in [5.41, 5.74) is 1.66. The van der Waals surface area contributed by atoms with Gasteiger partial charge in [-0.15, -0.1) is 0 Å². The largest absolute Gasteiger partial charge is 0.497 e. The van der Waals surface area contributed by atoms with E-state index in [1.54, 1.807) is 19.1 Å². The van der Waals surface area contributed by atoms with Crippen molar-refractivity contribution in [3.8, 4) is 17.4 Å². The number of amides is 2. The Balaban J connectivity index is 1.34. The number of nitrogens with one attached hydrogen (secondary N) is 1. The molecule has 0 saturated carbocycles. The molecule has 1 fully saturated rings. The zero-order valence-corrected chi connectivity index (χ0v) is 18.4. The Morgan fingerprint density at radius 1 is 1.03 bits per heavy atom. The molecule has 2 amide bonds. The SMILES string of the molecule is COc1cc(CN2CCN(C(=O)Nc3nc4c(OC)ncnc4s3)CC2)cc(OC)c1. The first-order chi connectivity index (χ1) is 15.1. The van der Waals surface area contributed by atoms with Crippen LogP contribution in [0.4, 0.5) is 9.93 Å². The minimum atomic E-state index is -0.173. The zero-order valence-electron chi connectivity index (χ0n) is 17.6. The van der Waals surface area contributed by atoms with Crippen molar-refractivity contribution in [2.45, 2.75) is 6.54 Å². The second kappa shape index (κ2) is 9.31. The molecule has 11 heteroatoms.